The first-order chi connectivity index (χ1) is 7.84. The molecule has 0 aliphatic rings. The molecule has 2 aromatic rings. The third-order valence-electron chi connectivity index (χ3n) is 2.09. The Morgan fingerprint density at radius 1 is 1.38 bits per heavy atom. The molecule has 0 fully saturated rings. The Labute approximate surface area is 102 Å². The minimum absolute atomic E-state index is 0.806. The molecule has 6 heteroatoms. The lowest BCUT2D eigenvalue weighted by Gasteiger charge is -2.03. The molecule has 0 saturated carbocycles. The van der Waals surface area contributed by atoms with Gasteiger partial charge in [0, 0.05) is 36.4 Å². The van der Waals surface area contributed by atoms with Gasteiger partial charge in [-0.1, -0.05) is 0 Å². The Morgan fingerprint density at radius 2 is 2.31 bits per heavy atom. The van der Waals surface area contributed by atoms with Crippen molar-refractivity contribution in [2.24, 2.45) is 0 Å². The Bertz CT molecular complexity index is 429. The minimum Gasteiger partial charge on any atom is -0.312 e. The third kappa shape index (κ3) is 3.39. The molecule has 0 radical (unpaired) electrons. The van der Waals surface area contributed by atoms with Gasteiger partial charge < -0.3 is 5.32 Å². The summed E-state index contributed by atoms with van der Waals surface area (Å²) >= 11 is 3.39. The highest BCUT2D eigenvalue weighted by molar-refractivity contribution is 9.10. The first-order valence-corrected chi connectivity index (χ1v) is 5.78. The van der Waals surface area contributed by atoms with Crippen molar-refractivity contribution >= 4 is 15.9 Å². The molecule has 0 aliphatic heterocycles. The van der Waals surface area contributed by atoms with E-state index in [2.05, 4.69) is 47.5 Å². The maximum atomic E-state index is 4.10. The van der Waals surface area contributed by atoms with Gasteiger partial charge in [-0.05, 0) is 27.6 Å². The van der Waals surface area contributed by atoms with E-state index in [1.807, 2.05) is 6.20 Å². The summed E-state index contributed by atoms with van der Waals surface area (Å²) in [7, 11) is 0. The minimum atomic E-state index is 0.806. The standard InChI is InChI=1S/C10H12BrN5/c11-9-3-8(5-13-6-9)4-12-2-1-10-14-7-15-16-10/h3,5-7,12H,1-2,4H2,(H,14,15,16). The second-order valence-corrected chi connectivity index (χ2v) is 4.29. The molecule has 5 nitrogen and oxygen atoms in total. The van der Waals surface area contributed by atoms with Crippen molar-refractivity contribution in [1.82, 2.24) is 25.5 Å². The van der Waals surface area contributed by atoms with E-state index in [0.29, 0.717) is 0 Å². The van der Waals surface area contributed by atoms with E-state index in [4.69, 9.17) is 0 Å². The summed E-state index contributed by atoms with van der Waals surface area (Å²) in [6.07, 6.45) is 6.00. The van der Waals surface area contributed by atoms with Gasteiger partial charge >= 0.3 is 0 Å². The van der Waals surface area contributed by atoms with Gasteiger partial charge in [0.25, 0.3) is 0 Å². The number of aromatic nitrogens is 4. The lowest BCUT2D eigenvalue weighted by Crippen LogP contribution is -2.17. The maximum Gasteiger partial charge on any atom is 0.137 e. The van der Waals surface area contributed by atoms with Crippen LogP contribution in [0.3, 0.4) is 0 Å². The van der Waals surface area contributed by atoms with Crippen molar-refractivity contribution in [3.63, 3.8) is 0 Å². The van der Waals surface area contributed by atoms with Gasteiger partial charge in [-0.3, -0.25) is 10.1 Å². The first kappa shape index (κ1) is 11.2. The van der Waals surface area contributed by atoms with Crippen LogP contribution >= 0.6 is 15.9 Å². The molecule has 0 unspecified atom stereocenters. The van der Waals surface area contributed by atoms with Crippen LogP contribution in [0.2, 0.25) is 0 Å². The molecular weight excluding hydrogens is 270 g/mol. The number of pyridine rings is 1. The van der Waals surface area contributed by atoms with Crippen molar-refractivity contribution in [3.8, 4) is 0 Å². The number of hydrogen-bond acceptors (Lipinski definition) is 4. The van der Waals surface area contributed by atoms with E-state index in [9.17, 15) is 0 Å². The van der Waals surface area contributed by atoms with Crippen molar-refractivity contribution in [2.45, 2.75) is 13.0 Å². The normalized spacial score (nSPS) is 10.6. The van der Waals surface area contributed by atoms with E-state index in [-0.39, 0.29) is 0 Å². The van der Waals surface area contributed by atoms with Gasteiger partial charge in [0.1, 0.15) is 12.2 Å². The van der Waals surface area contributed by atoms with Crippen LogP contribution in [-0.2, 0) is 13.0 Å². The van der Waals surface area contributed by atoms with Crippen LogP contribution in [0.15, 0.2) is 29.3 Å². The summed E-state index contributed by atoms with van der Waals surface area (Å²) < 4.78 is 1.00. The van der Waals surface area contributed by atoms with Crippen LogP contribution in [0.25, 0.3) is 0 Å². The summed E-state index contributed by atoms with van der Waals surface area (Å²) in [5.74, 6) is 0.903. The molecule has 2 heterocycles. The first-order valence-electron chi connectivity index (χ1n) is 4.99. The van der Waals surface area contributed by atoms with Crippen molar-refractivity contribution < 1.29 is 0 Å². The number of hydrogen-bond donors (Lipinski definition) is 2. The summed E-state index contributed by atoms with van der Waals surface area (Å²) in [5, 5.41) is 9.93. The molecule has 16 heavy (non-hydrogen) atoms. The predicted octanol–water partition coefficient (Wildman–Crippen LogP) is 1.29. The largest absolute Gasteiger partial charge is 0.312 e. The van der Waals surface area contributed by atoms with Crippen LogP contribution in [0, 0.1) is 0 Å². The highest BCUT2D eigenvalue weighted by Gasteiger charge is 1.97. The fraction of sp³-hybridized carbons (Fsp3) is 0.300. The zero-order chi connectivity index (χ0) is 11.2. The van der Waals surface area contributed by atoms with E-state index in [1.165, 1.54) is 6.33 Å². The maximum absolute atomic E-state index is 4.10. The Morgan fingerprint density at radius 3 is 3.06 bits per heavy atom. The molecule has 0 aromatic carbocycles. The molecule has 84 valence electrons. The smallest absolute Gasteiger partial charge is 0.137 e. The quantitative estimate of drug-likeness (QED) is 0.811. The predicted molar refractivity (Wildman–Crippen MR) is 63.7 cm³/mol. The van der Waals surface area contributed by atoms with Crippen molar-refractivity contribution in [3.05, 3.63) is 40.6 Å². The van der Waals surface area contributed by atoms with Crippen LogP contribution in [-0.4, -0.2) is 26.7 Å². The summed E-state index contributed by atoms with van der Waals surface area (Å²) in [6.45, 7) is 1.67. The van der Waals surface area contributed by atoms with E-state index < -0.39 is 0 Å². The highest BCUT2D eigenvalue weighted by Crippen LogP contribution is 2.08. The molecule has 0 atom stereocenters. The zero-order valence-electron chi connectivity index (χ0n) is 8.65. The summed E-state index contributed by atoms with van der Waals surface area (Å²) in [5.41, 5.74) is 1.16. The molecule has 2 N–H and O–H groups in total. The average Bonchev–Trinajstić information content (AvgIpc) is 2.77. The molecule has 2 aromatic heterocycles. The second kappa shape index (κ2) is 5.72. The molecule has 0 spiro atoms. The fourth-order valence-corrected chi connectivity index (χ4v) is 1.76. The summed E-state index contributed by atoms with van der Waals surface area (Å²) in [4.78, 5) is 8.15. The second-order valence-electron chi connectivity index (χ2n) is 3.37. The Balaban J connectivity index is 1.72. The Hall–Kier alpha value is -1.27. The van der Waals surface area contributed by atoms with Gasteiger partial charge in [0.2, 0.25) is 0 Å². The average molecular weight is 282 g/mol. The van der Waals surface area contributed by atoms with Gasteiger partial charge in [-0.2, -0.15) is 5.10 Å². The molecule has 2 rings (SSSR count). The number of nitrogens with one attached hydrogen (secondary N) is 2. The SMILES string of the molecule is Brc1cncc(CNCCc2ncn[nH]2)c1. The van der Waals surface area contributed by atoms with Crippen LogP contribution < -0.4 is 5.32 Å². The molecule has 0 amide bonds. The molecule has 0 aliphatic carbocycles. The number of aromatic amines is 1. The van der Waals surface area contributed by atoms with Gasteiger partial charge in [0.05, 0.1) is 0 Å². The third-order valence-corrected chi connectivity index (χ3v) is 2.53. The Kier molecular flexibility index (Phi) is 4.01. The molecular formula is C10H12BrN5. The number of H-pyrrole nitrogens is 1. The zero-order valence-corrected chi connectivity index (χ0v) is 10.2. The number of halogens is 1. The number of nitrogens with zero attached hydrogens (tertiary/aromatic N) is 3. The molecule has 0 bridgehead atoms. The van der Waals surface area contributed by atoms with E-state index in [0.717, 1.165) is 35.4 Å². The summed E-state index contributed by atoms with van der Waals surface area (Å²) in [6, 6.07) is 2.05. The van der Waals surface area contributed by atoms with Crippen molar-refractivity contribution in [2.75, 3.05) is 6.54 Å². The lowest BCUT2D eigenvalue weighted by atomic mass is 10.3. The van der Waals surface area contributed by atoms with Crippen LogP contribution in [0.4, 0.5) is 0 Å². The highest BCUT2D eigenvalue weighted by atomic mass is 79.9. The van der Waals surface area contributed by atoms with Gasteiger partial charge in [-0.25, -0.2) is 4.98 Å². The topological polar surface area (TPSA) is 66.5 Å². The molecule has 0 saturated heterocycles. The van der Waals surface area contributed by atoms with Gasteiger partial charge in [-0.15, -0.1) is 0 Å². The van der Waals surface area contributed by atoms with Crippen molar-refractivity contribution in [1.29, 1.82) is 0 Å². The van der Waals surface area contributed by atoms with E-state index in [1.54, 1.807) is 6.20 Å². The van der Waals surface area contributed by atoms with E-state index >= 15 is 0 Å². The monoisotopic (exact) mass is 281 g/mol. The van der Waals surface area contributed by atoms with Crippen LogP contribution in [0.1, 0.15) is 11.4 Å². The van der Waals surface area contributed by atoms with Crippen LogP contribution in [0.5, 0.6) is 0 Å². The number of rotatable bonds is 5. The lowest BCUT2D eigenvalue weighted by molar-refractivity contribution is 0.670. The fourth-order valence-electron chi connectivity index (χ4n) is 1.34. The van der Waals surface area contributed by atoms with Gasteiger partial charge in [0.15, 0.2) is 0 Å².